The van der Waals surface area contributed by atoms with Gasteiger partial charge in [0.2, 0.25) is 11.8 Å². The van der Waals surface area contributed by atoms with Gasteiger partial charge in [-0.25, -0.2) is 4.39 Å². The molecule has 1 aliphatic heterocycles. The fraction of sp³-hybridized carbons (Fsp3) is 0.390. The van der Waals surface area contributed by atoms with Crippen LogP contribution in [-0.4, -0.2) is 60.6 Å². The van der Waals surface area contributed by atoms with E-state index in [0.717, 1.165) is 40.7 Å². The number of hydrogen-bond donors (Lipinski definition) is 2. The van der Waals surface area contributed by atoms with E-state index in [0.29, 0.717) is 103 Å². The van der Waals surface area contributed by atoms with Gasteiger partial charge in [-0.1, -0.05) is 71.7 Å². The van der Waals surface area contributed by atoms with E-state index in [9.17, 15) is 14.7 Å². The first kappa shape index (κ1) is 37.1. The molecule has 0 spiro atoms. The molecule has 53 heavy (non-hydrogen) atoms. The highest BCUT2D eigenvalue weighted by molar-refractivity contribution is 6.36. The van der Waals surface area contributed by atoms with Crippen molar-refractivity contribution in [3.05, 3.63) is 92.7 Å². The fourth-order valence-corrected chi connectivity index (χ4v) is 8.55. The SMILES string of the molecule is COc1nc(O[C@H]2CCc3c(-c4cccc(-c5ccc(CNC[C@@H]6CCC(=O)C6)c(OC)c5F)c4Cl)cccc32)c(Cl)cc1CN1CC[C@@H](C(=O)O)C1. The zero-order chi connectivity index (χ0) is 37.2. The molecule has 0 bridgehead atoms. The average molecular weight is 763 g/mol. The second-order valence-corrected chi connectivity index (χ2v) is 14.9. The number of nitrogens with zero attached hydrogens (tertiary/aromatic N) is 2. The molecule has 2 heterocycles. The predicted molar refractivity (Wildman–Crippen MR) is 201 cm³/mol. The van der Waals surface area contributed by atoms with Gasteiger partial charge in [-0.05, 0) is 67.4 Å². The third-order valence-electron chi connectivity index (χ3n) is 10.7. The molecule has 278 valence electrons. The number of aliphatic carboxylic acids is 1. The van der Waals surface area contributed by atoms with Crippen molar-refractivity contribution >= 4 is 35.0 Å². The minimum Gasteiger partial charge on any atom is -0.493 e. The molecule has 0 radical (unpaired) electrons. The number of aromatic nitrogens is 1. The molecule has 3 aliphatic rings. The van der Waals surface area contributed by atoms with Crippen LogP contribution in [0.3, 0.4) is 0 Å². The van der Waals surface area contributed by atoms with E-state index in [2.05, 4.69) is 15.2 Å². The number of nitrogens with one attached hydrogen (secondary N) is 1. The van der Waals surface area contributed by atoms with Gasteiger partial charge in [0.15, 0.2) is 11.6 Å². The van der Waals surface area contributed by atoms with Crippen molar-refractivity contribution in [3.63, 3.8) is 0 Å². The zero-order valence-corrected chi connectivity index (χ0v) is 31.2. The van der Waals surface area contributed by atoms with Gasteiger partial charge in [-0.15, -0.1) is 0 Å². The Morgan fingerprint density at radius 1 is 0.962 bits per heavy atom. The van der Waals surface area contributed by atoms with Crippen LogP contribution in [0, 0.1) is 17.7 Å². The van der Waals surface area contributed by atoms with Crippen LogP contribution in [0.2, 0.25) is 10.0 Å². The standard InChI is InChI=1S/C41H42Cl2FN3O6/c1-51-38-24(20-45-19-23-9-11-27(48)17-23)10-12-33(37(38)44)32-8-4-7-31(36(32)43)28-5-3-6-30-29(28)13-14-35(30)53-40-34(42)18-26(39(46-40)52-2)22-47-16-15-25(21-47)41(49)50/h3-8,10,12,18,23,25,35,45H,9,11,13-17,19-22H2,1-2H3,(H,49,50)/t23-,25-,35+/m1/s1. The Balaban J connectivity index is 1.10. The lowest BCUT2D eigenvalue weighted by Gasteiger charge is -2.20. The first-order valence-electron chi connectivity index (χ1n) is 18.0. The number of methoxy groups -OCH3 is 2. The van der Waals surface area contributed by atoms with Crippen LogP contribution >= 0.6 is 23.2 Å². The summed E-state index contributed by atoms with van der Waals surface area (Å²) >= 11 is 13.8. The van der Waals surface area contributed by atoms with Crippen LogP contribution in [0.15, 0.2) is 54.6 Å². The molecular weight excluding hydrogens is 720 g/mol. The summed E-state index contributed by atoms with van der Waals surface area (Å²) in [6.45, 7) is 2.71. The number of carbonyl (C=O) groups is 2. The summed E-state index contributed by atoms with van der Waals surface area (Å²) in [5.74, 6) is -0.227. The van der Waals surface area contributed by atoms with Crippen molar-refractivity contribution in [2.75, 3.05) is 33.9 Å². The maximum absolute atomic E-state index is 16.1. The molecule has 1 aromatic heterocycles. The quantitative estimate of drug-likeness (QED) is 0.139. The fourth-order valence-electron chi connectivity index (χ4n) is 8.00. The van der Waals surface area contributed by atoms with Gasteiger partial charge in [0.05, 0.1) is 25.2 Å². The maximum Gasteiger partial charge on any atom is 0.307 e. The number of ether oxygens (including phenoxy) is 3. The average Bonchev–Trinajstić information content (AvgIpc) is 3.90. The van der Waals surface area contributed by atoms with Gasteiger partial charge in [0.25, 0.3) is 0 Å². The lowest BCUT2D eigenvalue weighted by Crippen LogP contribution is -2.23. The molecule has 7 rings (SSSR count). The molecule has 3 atom stereocenters. The molecule has 0 unspecified atom stereocenters. The van der Waals surface area contributed by atoms with Crippen LogP contribution in [0.1, 0.15) is 60.5 Å². The van der Waals surface area contributed by atoms with Crippen molar-refractivity contribution in [2.24, 2.45) is 11.8 Å². The van der Waals surface area contributed by atoms with Crippen molar-refractivity contribution < 1.29 is 33.3 Å². The van der Waals surface area contributed by atoms with Crippen LogP contribution in [0.25, 0.3) is 22.3 Å². The van der Waals surface area contributed by atoms with Crippen molar-refractivity contribution in [2.45, 2.75) is 57.7 Å². The van der Waals surface area contributed by atoms with Gasteiger partial charge in [0.1, 0.15) is 16.9 Å². The summed E-state index contributed by atoms with van der Waals surface area (Å²) in [5, 5.41) is 13.5. The Kier molecular flexibility index (Phi) is 11.2. The van der Waals surface area contributed by atoms with Gasteiger partial charge in [0, 0.05) is 60.3 Å². The monoisotopic (exact) mass is 761 g/mol. The number of ketones is 1. The van der Waals surface area contributed by atoms with Gasteiger partial charge in [-0.3, -0.25) is 14.5 Å². The van der Waals surface area contributed by atoms with E-state index in [-0.39, 0.29) is 23.7 Å². The normalized spacial score (nSPS) is 19.8. The zero-order valence-electron chi connectivity index (χ0n) is 29.7. The van der Waals surface area contributed by atoms with Crippen LogP contribution < -0.4 is 19.5 Å². The molecule has 9 nitrogen and oxygen atoms in total. The minimum absolute atomic E-state index is 0.166. The highest BCUT2D eigenvalue weighted by Gasteiger charge is 2.31. The topological polar surface area (TPSA) is 110 Å². The smallest absolute Gasteiger partial charge is 0.307 e. The highest BCUT2D eigenvalue weighted by Crippen LogP contribution is 2.46. The van der Waals surface area contributed by atoms with E-state index in [1.54, 1.807) is 19.2 Å². The largest absolute Gasteiger partial charge is 0.493 e. The number of benzene rings is 3. The third-order valence-corrected chi connectivity index (χ3v) is 11.4. The molecule has 2 fully saturated rings. The second kappa shape index (κ2) is 16.0. The summed E-state index contributed by atoms with van der Waals surface area (Å²) in [7, 11) is 3.00. The van der Waals surface area contributed by atoms with E-state index in [1.807, 2.05) is 42.5 Å². The number of fused-ring (bicyclic) bond motifs is 1. The first-order valence-corrected chi connectivity index (χ1v) is 18.7. The van der Waals surface area contributed by atoms with Crippen molar-refractivity contribution in [1.29, 1.82) is 0 Å². The van der Waals surface area contributed by atoms with E-state index < -0.39 is 11.8 Å². The molecule has 3 aromatic carbocycles. The summed E-state index contributed by atoms with van der Waals surface area (Å²) in [5.41, 5.74) is 6.16. The molecule has 2 N–H and O–H groups in total. The number of rotatable bonds is 13. The molecule has 0 amide bonds. The Morgan fingerprint density at radius 3 is 2.45 bits per heavy atom. The van der Waals surface area contributed by atoms with E-state index in [1.165, 1.54) is 7.11 Å². The number of carboxylic acids is 1. The van der Waals surface area contributed by atoms with Crippen LogP contribution in [0.4, 0.5) is 4.39 Å². The third kappa shape index (κ3) is 7.74. The molecule has 12 heteroatoms. The lowest BCUT2D eigenvalue weighted by atomic mass is 9.93. The summed E-state index contributed by atoms with van der Waals surface area (Å²) < 4.78 is 33.7. The van der Waals surface area contributed by atoms with Gasteiger partial charge in [-0.2, -0.15) is 4.98 Å². The number of hydrogen-bond acceptors (Lipinski definition) is 8. The minimum atomic E-state index is -0.783. The van der Waals surface area contributed by atoms with Gasteiger partial charge < -0.3 is 24.6 Å². The van der Waals surface area contributed by atoms with E-state index >= 15 is 4.39 Å². The summed E-state index contributed by atoms with van der Waals surface area (Å²) in [6, 6.07) is 17.0. The molecular formula is C41H42Cl2FN3O6. The summed E-state index contributed by atoms with van der Waals surface area (Å²) in [6.07, 6.45) is 3.81. The molecule has 2 aliphatic carbocycles. The molecule has 1 saturated carbocycles. The lowest BCUT2D eigenvalue weighted by molar-refractivity contribution is -0.141. The maximum atomic E-state index is 16.1. The predicted octanol–water partition coefficient (Wildman–Crippen LogP) is 8.31. The van der Waals surface area contributed by atoms with Crippen molar-refractivity contribution in [1.82, 2.24) is 15.2 Å². The Labute approximate surface area is 318 Å². The van der Waals surface area contributed by atoms with Crippen LogP contribution in [-0.2, 0) is 29.1 Å². The van der Waals surface area contributed by atoms with Crippen LogP contribution in [0.5, 0.6) is 17.5 Å². The number of carbonyl (C=O) groups excluding carboxylic acids is 1. The number of likely N-dealkylation sites (tertiary alicyclic amines) is 1. The van der Waals surface area contributed by atoms with Crippen molar-refractivity contribution in [3.8, 4) is 39.8 Å². The Hall–Kier alpha value is -4.22. The highest BCUT2D eigenvalue weighted by atomic mass is 35.5. The summed E-state index contributed by atoms with van der Waals surface area (Å²) in [4.78, 5) is 29.8. The molecule has 1 saturated heterocycles. The van der Waals surface area contributed by atoms with Gasteiger partial charge >= 0.3 is 5.97 Å². The number of Topliss-reactive ketones (excluding diaryl/α,β-unsaturated/α-hetero) is 1. The van der Waals surface area contributed by atoms with E-state index in [4.69, 9.17) is 37.4 Å². The first-order chi connectivity index (χ1) is 25.6. The molecule has 4 aromatic rings. The number of carboxylic acid groups (broad SMARTS) is 1. The number of halogens is 3. The number of pyridine rings is 1. The Bertz CT molecular complexity index is 2040. The Morgan fingerprint density at radius 2 is 1.74 bits per heavy atom. The second-order valence-electron chi connectivity index (χ2n) is 14.1.